The van der Waals surface area contributed by atoms with Crippen LogP contribution in [0.4, 0.5) is 11.4 Å². The molecule has 0 unspecified atom stereocenters. The number of hydrogen-bond donors (Lipinski definition) is 3. The summed E-state index contributed by atoms with van der Waals surface area (Å²) in [5.74, 6) is 0.874. The van der Waals surface area contributed by atoms with Crippen molar-refractivity contribution >= 4 is 39.1 Å². The summed E-state index contributed by atoms with van der Waals surface area (Å²) >= 11 is 0. The molecule has 2 aromatic heterocycles. The molecule has 0 amide bonds. The van der Waals surface area contributed by atoms with Crippen LogP contribution in [0.25, 0.3) is 21.8 Å². The highest BCUT2D eigenvalue weighted by molar-refractivity contribution is 6.01. The number of aliphatic hydroxyl groups is 1. The van der Waals surface area contributed by atoms with Gasteiger partial charge < -0.3 is 44.7 Å². The fraction of sp³-hybridized carbons (Fsp3) is 0.370. The van der Waals surface area contributed by atoms with Crippen molar-refractivity contribution in [2.75, 3.05) is 46.0 Å². The number of carbonyl (C=O) groups is 1. The lowest BCUT2D eigenvalue weighted by atomic mass is 10.2. The molecule has 1 fully saturated rings. The monoisotopic (exact) mass is 512 g/mol. The molecular formula is C27H36N4O6. The molecule has 1 aliphatic heterocycles. The quantitative estimate of drug-likeness (QED) is 0.279. The number of aryl methyl sites for hydroxylation is 2. The molecule has 0 aliphatic carbocycles. The third kappa shape index (κ3) is 5.76. The smallest absolute Gasteiger partial charge is 0.354 e. The number of fused-ring (bicyclic) bond motifs is 2. The maximum absolute atomic E-state index is 11.6. The maximum atomic E-state index is 11.6. The van der Waals surface area contributed by atoms with E-state index in [9.17, 15) is 4.79 Å². The van der Waals surface area contributed by atoms with Crippen molar-refractivity contribution in [3.8, 4) is 11.5 Å². The van der Waals surface area contributed by atoms with Crippen molar-refractivity contribution in [2.24, 2.45) is 14.1 Å². The van der Waals surface area contributed by atoms with Gasteiger partial charge in [0.2, 0.25) is 0 Å². The zero-order valence-electron chi connectivity index (χ0n) is 22.0. The molecule has 2 aromatic carbocycles. The third-order valence-electron chi connectivity index (χ3n) is 6.38. The van der Waals surface area contributed by atoms with Crippen molar-refractivity contribution in [3.63, 3.8) is 0 Å². The maximum Gasteiger partial charge on any atom is 0.354 e. The van der Waals surface area contributed by atoms with Crippen LogP contribution >= 0.6 is 0 Å². The summed E-state index contributed by atoms with van der Waals surface area (Å²) in [4.78, 5) is 11.6. The van der Waals surface area contributed by atoms with Crippen molar-refractivity contribution in [1.82, 2.24) is 9.13 Å². The normalized spacial score (nSPS) is 12.5. The number of anilines is 2. The summed E-state index contributed by atoms with van der Waals surface area (Å²) in [7, 11) is 8.19. The van der Waals surface area contributed by atoms with Gasteiger partial charge in [0.25, 0.3) is 0 Å². The molecule has 200 valence electrons. The minimum absolute atomic E-state index is 0.00688. The number of nitrogen functional groups attached to an aromatic ring is 2. The van der Waals surface area contributed by atoms with Gasteiger partial charge in [0.05, 0.1) is 50.3 Å². The number of methoxy groups -OCH3 is 3. The Kier molecular flexibility index (Phi) is 9.26. The van der Waals surface area contributed by atoms with Crippen LogP contribution in [-0.2, 0) is 30.2 Å². The van der Waals surface area contributed by atoms with Crippen LogP contribution in [0.1, 0.15) is 29.0 Å². The number of nitrogens with zero attached hydrogens (tertiary/aromatic N) is 2. The fourth-order valence-electron chi connectivity index (χ4n) is 4.20. The summed E-state index contributed by atoms with van der Waals surface area (Å²) in [6, 6.07) is 11.0. The van der Waals surface area contributed by atoms with Crippen molar-refractivity contribution in [1.29, 1.82) is 0 Å². The Morgan fingerprint density at radius 2 is 1.41 bits per heavy atom. The van der Waals surface area contributed by atoms with E-state index in [4.69, 9.17) is 35.5 Å². The third-order valence-corrected chi connectivity index (χ3v) is 6.38. The van der Waals surface area contributed by atoms with Crippen LogP contribution in [-0.4, -0.2) is 54.8 Å². The topological polar surface area (TPSA) is 136 Å². The lowest BCUT2D eigenvalue weighted by Crippen LogP contribution is -2.06. The number of rotatable bonds is 4. The zero-order chi connectivity index (χ0) is 27.1. The van der Waals surface area contributed by atoms with E-state index < -0.39 is 0 Å². The molecule has 10 heteroatoms. The molecule has 5 N–H and O–H groups in total. The van der Waals surface area contributed by atoms with Crippen LogP contribution in [0.15, 0.2) is 36.4 Å². The zero-order valence-corrected chi connectivity index (χ0v) is 22.0. The van der Waals surface area contributed by atoms with E-state index in [0.29, 0.717) is 28.6 Å². The Bertz CT molecular complexity index is 1360. The minimum atomic E-state index is -0.387. The minimum Gasteiger partial charge on any atom is -0.495 e. The van der Waals surface area contributed by atoms with Gasteiger partial charge in [0.15, 0.2) is 0 Å². The first-order valence-corrected chi connectivity index (χ1v) is 11.9. The first kappa shape index (κ1) is 27.7. The number of carbonyl (C=O) groups excluding carboxylic acids is 1. The van der Waals surface area contributed by atoms with Crippen LogP contribution < -0.4 is 20.9 Å². The van der Waals surface area contributed by atoms with Crippen molar-refractivity contribution in [2.45, 2.75) is 19.4 Å². The van der Waals surface area contributed by atoms with Gasteiger partial charge in [-0.2, -0.15) is 0 Å². The average molecular weight is 513 g/mol. The molecule has 0 bridgehead atoms. The second-order valence-corrected chi connectivity index (χ2v) is 8.48. The van der Waals surface area contributed by atoms with Crippen LogP contribution in [0.2, 0.25) is 0 Å². The standard InChI is InChI=1S/C12H14N2O3.C11H14N2O2.C4H8O/c1-14-8-4-5-10(16-2)11(13)7(8)6-9(14)12(15)17-3;1-13-7(6-14)5-8-9(13)3-4-10(15-2)11(8)12;1-2-4-5-3-1/h4-6H,13H2,1-3H3;3-5,14H,6,12H2,1-2H3;1-4H2. The van der Waals surface area contributed by atoms with Gasteiger partial charge in [-0.3, -0.25) is 0 Å². The van der Waals surface area contributed by atoms with Gasteiger partial charge in [-0.15, -0.1) is 0 Å². The Morgan fingerprint density at radius 3 is 1.84 bits per heavy atom. The van der Waals surface area contributed by atoms with Crippen LogP contribution in [0.3, 0.4) is 0 Å². The molecular weight excluding hydrogens is 476 g/mol. The van der Waals surface area contributed by atoms with Crippen molar-refractivity contribution in [3.05, 3.63) is 47.8 Å². The molecule has 5 rings (SSSR count). The van der Waals surface area contributed by atoms with Gasteiger partial charge in [-0.25, -0.2) is 4.79 Å². The number of hydrogen-bond acceptors (Lipinski definition) is 8. The van der Waals surface area contributed by atoms with E-state index in [0.717, 1.165) is 40.7 Å². The average Bonchev–Trinajstić information content (AvgIpc) is 3.67. The van der Waals surface area contributed by atoms with Gasteiger partial charge in [-0.05, 0) is 49.2 Å². The highest BCUT2D eigenvalue weighted by Gasteiger charge is 2.16. The van der Waals surface area contributed by atoms with Crippen LogP contribution in [0, 0.1) is 0 Å². The molecule has 1 saturated heterocycles. The number of ether oxygens (including phenoxy) is 4. The lowest BCUT2D eigenvalue weighted by Gasteiger charge is -2.05. The predicted molar refractivity (Wildman–Crippen MR) is 145 cm³/mol. The summed E-state index contributed by atoms with van der Waals surface area (Å²) < 4.78 is 23.6. The molecule has 10 nitrogen and oxygen atoms in total. The molecule has 37 heavy (non-hydrogen) atoms. The number of aliphatic hydroxyl groups excluding tert-OH is 1. The Hall–Kier alpha value is -3.89. The van der Waals surface area contributed by atoms with E-state index >= 15 is 0 Å². The van der Waals surface area contributed by atoms with E-state index in [2.05, 4.69) is 0 Å². The number of aromatic nitrogens is 2. The Labute approximate surface area is 216 Å². The first-order chi connectivity index (χ1) is 17.8. The number of esters is 1. The molecule has 3 heterocycles. The van der Waals surface area contributed by atoms with Gasteiger partial charge in [0, 0.05) is 43.8 Å². The Morgan fingerprint density at radius 1 is 0.892 bits per heavy atom. The number of nitrogens with two attached hydrogens (primary N) is 2. The van der Waals surface area contributed by atoms with Crippen LogP contribution in [0.5, 0.6) is 11.5 Å². The number of benzene rings is 2. The second kappa shape index (κ2) is 12.4. The predicted octanol–water partition coefficient (Wildman–Crippen LogP) is 3.61. The highest BCUT2D eigenvalue weighted by atomic mass is 16.5. The first-order valence-electron chi connectivity index (χ1n) is 11.9. The molecule has 0 saturated carbocycles. The van der Waals surface area contributed by atoms with E-state index in [1.807, 2.05) is 35.9 Å². The summed E-state index contributed by atoms with van der Waals surface area (Å²) in [6.45, 7) is 2.01. The summed E-state index contributed by atoms with van der Waals surface area (Å²) in [5.41, 5.74) is 16.2. The van der Waals surface area contributed by atoms with E-state index in [-0.39, 0.29) is 12.6 Å². The molecule has 0 spiro atoms. The molecule has 0 atom stereocenters. The van der Waals surface area contributed by atoms with Crippen molar-refractivity contribution < 1.29 is 28.8 Å². The molecule has 0 radical (unpaired) electrons. The van der Waals surface area contributed by atoms with Gasteiger partial charge >= 0.3 is 5.97 Å². The summed E-state index contributed by atoms with van der Waals surface area (Å²) in [6.07, 6.45) is 2.56. The highest BCUT2D eigenvalue weighted by Crippen LogP contribution is 2.33. The molecule has 1 aliphatic rings. The summed E-state index contributed by atoms with van der Waals surface area (Å²) in [5, 5.41) is 10.8. The second-order valence-electron chi connectivity index (χ2n) is 8.48. The SMILES string of the molecule is C1CCOC1.COC(=O)c1cc2c(N)c(OC)ccc2n1C.COc1ccc2c(cc(CO)n2C)c1N. The van der Waals surface area contributed by atoms with Gasteiger partial charge in [0.1, 0.15) is 17.2 Å². The van der Waals surface area contributed by atoms with E-state index in [1.54, 1.807) is 38.0 Å². The largest absolute Gasteiger partial charge is 0.495 e. The van der Waals surface area contributed by atoms with E-state index in [1.165, 1.54) is 20.0 Å². The lowest BCUT2D eigenvalue weighted by molar-refractivity contribution is 0.0590. The van der Waals surface area contributed by atoms with Gasteiger partial charge in [-0.1, -0.05) is 0 Å². The fourth-order valence-corrected chi connectivity index (χ4v) is 4.20. The molecule has 4 aromatic rings. The Balaban J connectivity index is 0.000000174.